The Balaban J connectivity index is 1.79. The summed E-state index contributed by atoms with van der Waals surface area (Å²) in [4.78, 5) is 14.4. The van der Waals surface area contributed by atoms with E-state index in [-0.39, 0.29) is 18.6 Å². The Labute approximate surface area is 184 Å². The van der Waals surface area contributed by atoms with Gasteiger partial charge in [0.2, 0.25) is 0 Å². The second-order valence-corrected chi connectivity index (χ2v) is 8.80. The highest BCUT2D eigenvalue weighted by molar-refractivity contribution is 7.17. The maximum atomic E-state index is 12.2. The molecule has 1 aromatic carbocycles. The largest absolute Gasteiger partial charge is 0.490 e. The summed E-state index contributed by atoms with van der Waals surface area (Å²) in [5.41, 5.74) is 2.09. The molecule has 2 N–H and O–H groups in total. The van der Waals surface area contributed by atoms with Crippen LogP contribution in [-0.2, 0) is 6.54 Å². The minimum Gasteiger partial charge on any atom is -0.490 e. The van der Waals surface area contributed by atoms with Crippen LogP contribution in [0.4, 0.5) is 0 Å². The molecule has 0 fully saturated rings. The molecule has 0 bridgehead atoms. The van der Waals surface area contributed by atoms with Crippen LogP contribution < -0.4 is 10.1 Å². The van der Waals surface area contributed by atoms with Crippen LogP contribution in [0.3, 0.4) is 0 Å². The lowest BCUT2D eigenvalue weighted by Gasteiger charge is -2.17. The normalized spacial score (nSPS) is 10.9. The Morgan fingerprint density at radius 1 is 1.30 bits per heavy atom. The van der Waals surface area contributed by atoms with Crippen LogP contribution >= 0.6 is 22.9 Å². The number of hydrogen-bond acceptors (Lipinski definition) is 6. The summed E-state index contributed by atoms with van der Waals surface area (Å²) in [6.45, 7) is 4.08. The molecule has 0 aliphatic carbocycles. The van der Waals surface area contributed by atoms with Crippen molar-refractivity contribution in [1.29, 1.82) is 5.41 Å². The highest BCUT2D eigenvalue weighted by Gasteiger charge is 2.17. The van der Waals surface area contributed by atoms with Crippen LogP contribution in [-0.4, -0.2) is 42.0 Å². The fraction of sp³-hybridized carbons (Fsp3) is 0.286. The zero-order valence-corrected chi connectivity index (χ0v) is 18.7. The molecule has 0 spiro atoms. The number of thiophene rings is 1. The molecule has 2 heterocycles. The van der Waals surface area contributed by atoms with Gasteiger partial charge in [0.1, 0.15) is 17.3 Å². The molecule has 0 atom stereocenters. The summed E-state index contributed by atoms with van der Waals surface area (Å²) in [5, 5.41) is 15.1. The fourth-order valence-corrected chi connectivity index (χ4v) is 3.66. The lowest BCUT2D eigenvalue weighted by atomic mass is 10.1. The van der Waals surface area contributed by atoms with Crippen molar-refractivity contribution < 1.29 is 14.1 Å². The topological polar surface area (TPSA) is 91.5 Å². The Hall–Kier alpha value is -2.84. The number of benzene rings is 1. The number of ether oxygens (including phenoxy) is 1. The average molecular weight is 447 g/mol. The van der Waals surface area contributed by atoms with E-state index in [0.717, 1.165) is 11.1 Å². The molecule has 0 unspecified atom stereocenters. The van der Waals surface area contributed by atoms with Crippen molar-refractivity contribution in [2.24, 2.45) is 0 Å². The summed E-state index contributed by atoms with van der Waals surface area (Å²) >= 11 is 7.09. The number of amidine groups is 1. The van der Waals surface area contributed by atoms with E-state index in [1.807, 2.05) is 46.1 Å². The number of amides is 1. The predicted octanol–water partition coefficient (Wildman–Crippen LogP) is 4.66. The fourth-order valence-electron chi connectivity index (χ4n) is 2.70. The van der Waals surface area contributed by atoms with Gasteiger partial charge in [0.05, 0.1) is 21.9 Å². The first-order valence-corrected chi connectivity index (χ1v) is 10.5. The third-order valence-electron chi connectivity index (χ3n) is 4.12. The minimum atomic E-state index is -0.222. The van der Waals surface area contributed by atoms with Crippen LogP contribution in [0.25, 0.3) is 11.3 Å². The van der Waals surface area contributed by atoms with Gasteiger partial charge in [0, 0.05) is 31.3 Å². The number of rotatable bonds is 7. The van der Waals surface area contributed by atoms with Crippen molar-refractivity contribution in [3.05, 3.63) is 56.9 Å². The van der Waals surface area contributed by atoms with E-state index >= 15 is 0 Å². The Morgan fingerprint density at radius 3 is 2.70 bits per heavy atom. The zero-order chi connectivity index (χ0) is 21.8. The monoisotopic (exact) mass is 446 g/mol. The first kappa shape index (κ1) is 21.9. The van der Waals surface area contributed by atoms with Crippen molar-refractivity contribution in [1.82, 2.24) is 15.4 Å². The van der Waals surface area contributed by atoms with Crippen molar-refractivity contribution in [2.45, 2.75) is 26.5 Å². The standard InChI is InChI=1S/C21H23ClN4O3S/c1-12(2)28-17-9-13(20(23)26(3)4)5-6-15(17)16-10-14(29-25-16)11-24-21(27)18-7-8-19(22)30-18/h5-10,12,23H,11H2,1-4H3,(H,24,27). The van der Waals surface area contributed by atoms with Gasteiger partial charge in [-0.15, -0.1) is 11.3 Å². The third-order valence-corrected chi connectivity index (χ3v) is 5.35. The van der Waals surface area contributed by atoms with E-state index in [9.17, 15) is 4.79 Å². The molecule has 30 heavy (non-hydrogen) atoms. The summed E-state index contributed by atoms with van der Waals surface area (Å²) in [6.07, 6.45) is -0.0455. The lowest BCUT2D eigenvalue weighted by Crippen LogP contribution is -2.21. The first-order valence-electron chi connectivity index (χ1n) is 9.31. The molecule has 0 saturated carbocycles. The zero-order valence-electron chi connectivity index (χ0n) is 17.2. The van der Waals surface area contributed by atoms with Crippen LogP contribution in [0.2, 0.25) is 4.34 Å². The van der Waals surface area contributed by atoms with Gasteiger partial charge in [-0.25, -0.2) is 0 Å². The number of hydrogen-bond donors (Lipinski definition) is 2. The first-order chi connectivity index (χ1) is 14.2. The number of aromatic nitrogens is 1. The number of carbonyl (C=O) groups is 1. The Morgan fingerprint density at radius 2 is 2.07 bits per heavy atom. The molecular formula is C21H23ClN4O3S. The summed E-state index contributed by atoms with van der Waals surface area (Å²) in [7, 11) is 3.64. The van der Waals surface area contributed by atoms with Gasteiger partial charge in [-0.1, -0.05) is 22.8 Å². The van der Waals surface area contributed by atoms with Gasteiger partial charge >= 0.3 is 0 Å². The van der Waals surface area contributed by atoms with Crippen molar-refractivity contribution in [2.75, 3.05) is 14.1 Å². The van der Waals surface area contributed by atoms with Crippen molar-refractivity contribution >= 4 is 34.7 Å². The molecule has 7 nitrogen and oxygen atoms in total. The highest BCUT2D eigenvalue weighted by atomic mass is 35.5. The Kier molecular flexibility index (Phi) is 6.79. The molecule has 0 saturated heterocycles. The van der Waals surface area contributed by atoms with Crippen LogP contribution in [0.15, 0.2) is 40.9 Å². The molecule has 2 aromatic heterocycles. The maximum absolute atomic E-state index is 12.2. The molecule has 0 aliphatic heterocycles. The molecule has 3 rings (SSSR count). The number of carbonyl (C=O) groups excluding carboxylic acids is 1. The van der Waals surface area contributed by atoms with Gasteiger partial charge in [-0.05, 0) is 38.1 Å². The summed E-state index contributed by atoms with van der Waals surface area (Å²) < 4.78 is 11.9. The summed E-state index contributed by atoms with van der Waals surface area (Å²) in [6, 6.07) is 10.7. The quantitative estimate of drug-likeness (QED) is 0.406. The summed E-state index contributed by atoms with van der Waals surface area (Å²) in [5.74, 6) is 1.29. The van der Waals surface area contributed by atoms with E-state index in [1.165, 1.54) is 11.3 Å². The smallest absolute Gasteiger partial charge is 0.261 e. The second-order valence-electron chi connectivity index (χ2n) is 7.09. The average Bonchev–Trinajstić information content (AvgIpc) is 3.34. The van der Waals surface area contributed by atoms with E-state index in [2.05, 4.69) is 10.5 Å². The van der Waals surface area contributed by atoms with Crippen LogP contribution in [0.1, 0.15) is 34.8 Å². The molecule has 9 heteroatoms. The van der Waals surface area contributed by atoms with Gasteiger partial charge in [0.25, 0.3) is 5.91 Å². The second kappa shape index (κ2) is 9.32. The lowest BCUT2D eigenvalue weighted by molar-refractivity contribution is 0.0951. The van der Waals surface area contributed by atoms with E-state index in [0.29, 0.717) is 32.3 Å². The van der Waals surface area contributed by atoms with Crippen LogP contribution in [0.5, 0.6) is 5.75 Å². The van der Waals surface area contributed by atoms with Crippen molar-refractivity contribution in [3.63, 3.8) is 0 Å². The molecular weight excluding hydrogens is 424 g/mol. The van der Waals surface area contributed by atoms with Crippen LogP contribution in [0, 0.1) is 5.41 Å². The van der Waals surface area contributed by atoms with Gasteiger partial charge in [0.15, 0.2) is 5.76 Å². The molecule has 0 aliphatic rings. The predicted molar refractivity (Wildman–Crippen MR) is 119 cm³/mol. The molecule has 3 aromatic rings. The third kappa shape index (κ3) is 5.20. The van der Waals surface area contributed by atoms with Gasteiger partial charge < -0.3 is 19.5 Å². The molecule has 1 amide bonds. The Bertz CT molecular complexity index is 1060. The van der Waals surface area contributed by atoms with Crippen molar-refractivity contribution in [3.8, 4) is 17.0 Å². The number of nitrogens with zero attached hydrogens (tertiary/aromatic N) is 2. The van der Waals surface area contributed by atoms with Gasteiger partial charge in [-0.2, -0.15) is 0 Å². The van der Waals surface area contributed by atoms with Gasteiger partial charge in [-0.3, -0.25) is 10.2 Å². The highest BCUT2D eigenvalue weighted by Crippen LogP contribution is 2.32. The maximum Gasteiger partial charge on any atom is 0.261 e. The SMILES string of the molecule is CC(C)Oc1cc(C(=N)N(C)C)ccc1-c1cc(CNC(=O)c2ccc(Cl)s2)on1. The minimum absolute atomic E-state index is 0.0455. The van der Waals surface area contributed by atoms with E-state index in [1.54, 1.807) is 23.1 Å². The number of nitrogens with one attached hydrogen (secondary N) is 2. The molecule has 158 valence electrons. The number of halogens is 1. The van der Waals surface area contributed by atoms with E-state index in [4.69, 9.17) is 26.3 Å². The molecule has 0 radical (unpaired) electrons. The van der Waals surface area contributed by atoms with E-state index < -0.39 is 0 Å².